The Morgan fingerprint density at radius 2 is 1.92 bits per heavy atom. The van der Waals surface area contributed by atoms with Crippen molar-refractivity contribution < 1.29 is 9.24 Å². The summed E-state index contributed by atoms with van der Waals surface area (Å²) in [6, 6.07) is 8.10. The molecule has 1 aromatic rings. The van der Waals surface area contributed by atoms with E-state index in [1.807, 2.05) is 0 Å². The molecule has 5 nitrogen and oxygen atoms in total. The van der Waals surface area contributed by atoms with Gasteiger partial charge in [-0.25, -0.2) is 14.3 Å². The van der Waals surface area contributed by atoms with Crippen molar-refractivity contribution in [3.05, 3.63) is 40.4 Å². The van der Waals surface area contributed by atoms with Crippen LogP contribution in [0, 0.1) is 10.1 Å². The lowest BCUT2D eigenvalue weighted by Crippen LogP contribution is -1.87. The van der Waals surface area contributed by atoms with Crippen LogP contribution in [0.4, 0.5) is 0 Å². The summed E-state index contributed by atoms with van der Waals surface area (Å²) in [6.45, 7) is 0. The molecule has 1 atom stereocenters. The molecule has 0 saturated heterocycles. The van der Waals surface area contributed by atoms with Gasteiger partial charge < -0.3 is 0 Å². The van der Waals surface area contributed by atoms with Crippen molar-refractivity contribution in [3.8, 4) is 0 Å². The predicted octanol–water partition coefficient (Wildman–Crippen LogP) is 0.902. The van der Waals surface area contributed by atoms with Crippen molar-refractivity contribution in [1.29, 1.82) is 0 Å². The van der Waals surface area contributed by atoms with E-state index in [1.165, 1.54) is 12.1 Å². The van der Waals surface area contributed by atoms with Crippen LogP contribution in [0.3, 0.4) is 0 Å². The third-order valence-corrected chi connectivity index (χ3v) is 2.18. The molecular formula is C6H6N2O3S. The molecule has 1 unspecified atom stereocenters. The van der Waals surface area contributed by atoms with Gasteiger partial charge in [-0.1, -0.05) is 18.2 Å². The summed E-state index contributed by atoms with van der Waals surface area (Å²) in [4.78, 5) is 10.2. The topological polar surface area (TPSA) is 72.6 Å². The Bertz CT molecular complexity index is 356. The van der Waals surface area contributed by atoms with Crippen LogP contribution in [-0.4, -0.2) is 9.24 Å². The lowest BCUT2D eigenvalue weighted by Gasteiger charge is -1.87. The van der Waals surface area contributed by atoms with Crippen molar-refractivity contribution in [2.45, 2.75) is 4.90 Å². The Morgan fingerprint density at radius 1 is 1.33 bits per heavy atom. The van der Waals surface area contributed by atoms with Gasteiger partial charge in [0.1, 0.15) is 15.1 Å². The second kappa shape index (κ2) is 3.82. The second-order valence-electron chi connectivity index (χ2n) is 1.94. The summed E-state index contributed by atoms with van der Waals surface area (Å²) < 4.78 is 13.8. The number of hydrogen-bond donors (Lipinski definition) is 1. The van der Waals surface area contributed by atoms with Crippen LogP contribution in [0.2, 0.25) is 0 Å². The van der Waals surface area contributed by atoms with Gasteiger partial charge in [-0.05, 0) is 12.1 Å². The minimum absolute atomic E-state index is 0.365. The van der Waals surface area contributed by atoms with Crippen LogP contribution < -0.4 is 0 Å². The largest absolute Gasteiger partial charge is 0.242 e. The first-order valence-electron chi connectivity index (χ1n) is 3.08. The van der Waals surface area contributed by atoms with Gasteiger partial charge in [-0.2, -0.15) is 0 Å². The van der Waals surface area contributed by atoms with E-state index in [0.717, 1.165) is 0 Å². The Kier molecular flexibility index (Phi) is 2.76. The van der Waals surface area contributed by atoms with Crippen LogP contribution in [0.25, 0.3) is 0 Å². The monoisotopic (exact) mass is 186 g/mol. The fourth-order valence-corrected chi connectivity index (χ4v) is 1.34. The first-order valence-corrected chi connectivity index (χ1v) is 4.29. The minimum Gasteiger partial charge on any atom is -0.242 e. The molecule has 1 aromatic carbocycles. The molecule has 0 saturated carbocycles. The first kappa shape index (κ1) is 8.66. The Labute approximate surface area is 70.4 Å². The molecule has 6 heteroatoms. The number of rotatable bonds is 2. The van der Waals surface area contributed by atoms with E-state index >= 15 is 0 Å². The number of thiol groups is 1. The van der Waals surface area contributed by atoms with Gasteiger partial charge in [0.25, 0.3) is 0 Å². The number of benzene rings is 1. The molecule has 0 radical (unpaired) electrons. The van der Waals surface area contributed by atoms with Crippen LogP contribution >= 0.6 is 0 Å². The summed E-state index contributed by atoms with van der Waals surface area (Å²) in [5, 5.41) is 8.90. The summed E-state index contributed by atoms with van der Waals surface area (Å²) >= 11 is 0. The van der Waals surface area contributed by atoms with E-state index in [1.54, 1.807) is 18.2 Å². The summed E-state index contributed by atoms with van der Waals surface area (Å²) in [5.74, 6) is 0. The van der Waals surface area contributed by atoms with Gasteiger partial charge in [0.2, 0.25) is 0 Å². The van der Waals surface area contributed by atoms with Gasteiger partial charge in [0, 0.05) is 0 Å². The quantitative estimate of drug-likeness (QED) is 0.423. The molecule has 0 amide bonds. The average Bonchev–Trinajstić information content (AvgIpc) is 2.05. The number of nitro groups is 1. The molecular weight excluding hydrogens is 180 g/mol. The molecule has 12 heavy (non-hydrogen) atoms. The van der Waals surface area contributed by atoms with E-state index in [-0.39, 0.29) is 0 Å². The third-order valence-electron chi connectivity index (χ3n) is 1.13. The summed E-state index contributed by atoms with van der Waals surface area (Å²) in [6.07, 6.45) is 0. The molecule has 0 aromatic heterocycles. The van der Waals surface area contributed by atoms with E-state index in [2.05, 4.69) is 4.47 Å². The average molecular weight is 186 g/mol. The van der Waals surface area contributed by atoms with Crippen molar-refractivity contribution in [3.63, 3.8) is 0 Å². The number of hydrogen-bond acceptors (Lipinski definition) is 3. The van der Waals surface area contributed by atoms with Crippen LogP contribution in [0.5, 0.6) is 0 Å². The Balaban J connectivity index is 3.01. The summed E-state index contributed by atoms with van der Waals surface area (Å²) in [7, 11) is -2.24. The molecule has 0 bridgehead atoms. The highest BCUT2D eigenvalue weighted by atomic mass is 32.2. The smallest absolute Gasteiger partial charge is 0.200 e. The Hall–Kier alpha value is -1.43. The third kappa shape index (κ3) is 2.31. The van der Waals surface area contributed by atoms with Gasteiger partial charge in [0.05, 0.1) is 4.90 Å². The van der Waals surface area contributed by atoms with Crippen molar-refractivity contribution in [2.75, 3.05) is 0 Å². The fourth-order valence-electron chi connectivity index (χ4n) is 0.673. The molecule has 0 aliphatic rings. The van der Waals surface area contributed by atoms with Gasteiger partial charge in [0.15, 0.2) is 5.03 Å². The van der Waals surface area contributed by atoms with Crippen molar-refractivity contribution >= 4 is 10.6 Å². The number of nitrogens with zero attached hydrogens (tertiary/aromatic N) is 2. The first-order chi connectivity index (χ1) is 5.70. The maximum atomic E-state index is 11.0. The molecule has 0 heterocycles. The zero-order valence-corrected chi connectivity index (χ0v) is 6.85. The van der Waals surface area contributed by atoms with E-state index < -0.39 is 15.6 Å². The minimum atomic E-state index is -2.24. The molecule has 0 N–H and O–H groups in total. The molecule has 1 rings (SSSR count). The van der Waals surface area contributed by atoms with Crippen LogP contribution in [-0.2, 0) is 10.6 Å². The van der Waals surface area contributed by atoms with Crippen LogP contribution in [0.1, 0.15) is 0 Å². The van der Waals surface area contributed by atoms with E-state index in [9.17, 15) is 14.3 Å². The standard InChI is InChI=1S/C6H6N2O3S/c9-8(10)7-12(11)6-4-2-1-3-5-6/h1-5,12H. The normalized spacial score (nSPS) is 12.7. The van der Waals surface area contributed by atoms with Gasteiger partial charge in [-0.3, -0.25) is 0 Å². The molecule has 0 aliphatic carbocycles. The van der Waals surface area contributed by atoms with E-state index in [0.29, 0.717) is 4.90 Å². The molecule has 0 fully saturated rings. The van der Waals surface area contributed by atoms with Crippen molar-refractivity contribution in [1.82, 2.24) is 0 Å². The lowest BCUT2D eigenvalue weighted by molar-refractivity contribution is -0.481. The molecule has 0 aliphatic heterocycles. The SMILES string of the molecule is O=[N+]([O-])/N=[SH](=O)/c1ccccc1. The highest BCUT2D eigenvalue weighted by Crippen LogP contribution is 2.00. The van der Waals surface area contributed by atoms with Gasteiger partial charge in [-0.15, -0.1) is 0 Å². The zero-order chi connectivity index (χ0) is 8.97. The maximum absolute atomic E-state index is 11.0. The summed E-state index contributed by atoms with van der Waals surface area (Å²) in [5.41, 5.74) is 0. The molecule has 0 spiro atoms. The molecule has 64 valence electrons. The second-order valence-corrected chi connectivity index (χ2v) is 3.18. The van der Waals surface area contributed by atoms with Crippen molar-refractivity contribution in [2.24, 2.45) is 4.47 Å². The highest BCUT2D eigenvalue weighted by molar-refractivity contribution is 7.74. The zero-order valence-electron chi connectivity index (χ0n) is 5.95. The maximum Gasteiger partial charge on any atom is 0.200 e. The van der Waals surface area contributed by atoms with Gasteiger partial charge >= 0.3 is 0 Å². The fraction of sp³-hybridized carbons (Fsp3) is 0. The predicted molar refractivity (Wildman–Crippen MR) is 43.7 cm³/mol. The lowest BCUT2D eigenvalue weighted by atomic mass is 10.4. The Morgan fingerprint density at radius 3 is 2.42 bits per heavy atom. The van der Waals surface area contributed by atoms with E-state index in [4.69, 9.17) is 0 Å². The van der Waals surface area contributed by atoms with Crippen LogP contribution in [0.15, 0.2) is 39.7 Å². The highest BCUT2D eigenvalue weighted by Gasteiger charge is 1.95.